The van der Waals surface area contributed by atoms with Crippen molar-refractivity contribution in [3.8, 4) is 5.75 Å². The van der Waals surface area contributed by atoms with Crippen LogP contribution in [0.2, 0.25) is 0 Å². The summed E-state index contributed by atoms with van der Waals surface area (Å²) in [6, 6.07) is 5.57. The molecule has 0 saturated heterocycles. The van der Waals surface area contributed by atoms with Crippen LogP contribution in [0.3, 0.4) is 0 Å². The number of ether oxygens (including phenoxy) is 2. The predicted octanol–water partition coefficient (Wildman–Crippen LogP) is 1.69. The van der Waals surface area contributed by atoms with Gasteiger partial charge in [0.15, 0.2) is 0 Å². The molecule has 3 N–H and O–H groups in total. The third kappa shape index (κ3) is 4.01. The highest BCUT2D eigenvalue weighted by Crippen LogP contribution is 2.29. The highest BCUT2D eigenvalue weighted by atomic mass is 16.5. The van der Waals surface area contributed by atoms with E-state index in [2.05, 4.69) is 5.32 Å². The maximum absolute atomic E-state index is 11.1. The first kappa shape index (κ1) is 14.5. The van der Waals surface area contributed by atoms with Gasteiger partial charge in [0.25, 0.3) is 0 Å². The van der Waals surface area contributed by atoms with E-state index in [9.17, 15) is 4.79 Å². The summed E-state index contributed by atoms with van der Waals surface area (Å²) in [7, 11) is 1.56. The Hall–Kier alpha value is -1.59. The number of methoxy groups -OCH3 is 1. The van der Waals surface area contributed by atoms with Crippen molar-refractivity contribution in [2.75, 3.05) is 25.6 Å². The molecule has 0 aliphatic heterocycles. The fourth-order valence-electron chi connectivity index (χ4n) is 1.61. The van der Waals surface area contributed by atoms with Gasteiger partial charge in [-0.2, -0.15) is 0 Å². The second-order valence-electron chi connectivity index (χ2n) is 3.94. The molecule has 100 valence electrons. The number of carbonyl (C=O) groups excluding carboxylic acids is 1. The molecule has 0 aromatic heterocycles. The predicted molar refractivity (Wildman–Crippen MR) is 70.7 cm³/mol. The largest absolute Gasteiger partial charge is 0.495 e. The molecule has 1 atom stereocenters. The van der Waals surface area contributed by atoms with Crippen molar-refractivity contribution in [1.29, 1.82) is 0 Å². The SMILES string of the molecule is COc1ccc(C(C)OCCN)cc1NC(C)=O. The number of carbonyl (C=O) groups is 1. The van der Waals surface area contributed by atoms with E-state index in [0.29, 0.717) is 24.6 Å². The molecule has 0 spiro atoms. The van der Waals surface area contributed by atoms with E-state index < -0.39 is 0 Å². The smallest absolute Gasteiger partial charge is 0.221 e. The molecule has 1 aromatic carbocycles. The van der Waals surface area contributed by atoms with Gasteiger partial charge in [-0.3, -0.25) is 4.79 Å². The van der Waals surface area contributed by atoms with Gasteiger partial charge in [0.2, 0.25) is 5.91 Å². The number of hydrogen-bond acceptors (Lipinski definition) is 4. The molecule has 5 heteroatoms. The monoisotopic (exact) mass is 252 g/mol. The van der Waals surface area contributed by atoms with E-state index in [1.165, 1.54) is 6.92 Å². The summed E-state index contributed by atoms with van der Waals surface area (Å²) in [4.78, 5) is 11.1. The Morgan fingerprint density at radius 2 is 2.22 bits per heavy atom. The van der Waals surface area contributed by atoms with Crippen molar-refractivity contribution in [2.24, 2.45) is 5.73 Å². The number of benzene rings is 1. The van der Waals surface area contributed by atoms with E-state index in [4.69, 9.17) is 15.2 Å². The highest BCUT2D eigenvalue weighted by molar-refractivity contribution is 5.90. The van der Waals surface area contributed by atoms with Crippen molar-refractivity contribution in [3.05, 3.63) is 23.8 Å². The average Bonchev–Trinajstić information content (AvgIpc) is 2.35. The van der Waals surface area contributed by atoms with Gasteiger partial charge < -0.3 is 20.5 Å². The number of anilines is 1. The van der Waals surface area contributed by atoms with Gasteiger partial charge in [-0.05, 0) is 24.6 Å². The minimum atomic E-state index is -0.138. The Bertz CT molecular complexity index is 407. The van der Waals surface area contributed by atoms with Crippen LogP contribution in [0.1, 0.15) is 25.5 Å². The highest BCUT2D eigenvalue weighted by Gasteiger charge is 2.10. The fourth-order valence-corrected chi connectivity index (χ4v) is 1.61. The van der Waals surface area contributed by atoms with Crippen LogP contribution in [0.15, 0.2) is 18.2 Å². The van der Waals surface area contributed by atoms with Crippen molar-refractivity contribution >= 4 is 11.6 Å². The second-order valence-corrected chi connectivity index (χ2v) is 3.94. The third-order valence-electron chi connectivity index (χ3n) is 2.49. The molecule has 1 rings (SSSR count). The molecule has 0 aliphatic carbocycles. The lowest BCUT2D eigenvalue weighted by molar-refractivity contribution is -0.114. The normalized spacial score (nSPS) is 12.0. The topological polar surface area (TPSA) is 73.6 Å². The van der Waals surface area contributed by atoms with Crippen LogP contribution in [0.4, 0.5) is 5.69 Å². The molecule has 1 aromatic rings. The average molecular weight is 252 g/mol. The van der Waals surface area contributed by atoms with E-state index in [1.54, 1.807) is 7.11 Å². The van der Waals surface area contributed by atoms with Gasteiger partial charge in [-0.1, -0.05) is 6.07 Å². The van der Waals surface area contributed by atoms with E-state index in [-0.39, 0.29) is 12.0 Å². The standard InChI is InChI=1S/C13H20N2O3/c1-9(18-7-6-14)11-4-5-13(17-3)12(8-11)15-10(2)16/h4-5,8-9H,6-7,14H2,1-3H3,(H,15,16). The number of nitrogens with one attached hydrogen (secondary N) is 1. The Morgan fingerprint density at radius 1 is 1.50 bits per heavy atom. The molecule has 0 radical (unpaired) electrons. The molecule has 0 saturated carbocycles. The Morgan fingerprint density at radius 3 is 2.78 bits per heavy atom. The molecule has 0 heterocycles. The zero-order valence-corrected chi connectivity index (χ0v) is 11.0. The maximum atomic E-state index is 11.1. The van der Waals surface area contributed by atoms with Gasteiger partial charge in [-0.15, -0.1) is 0 Å². The van der Waals surface area contributed by atoms with Gasteiger partial charge in [-0.25, -0.2) is 0 Å². The van der Waals surface area contributed by atoms with Crippen LogP contribution in [-0.2, 0) is 9.53 Å². The third-order valence-corrected chi connectivity index (χ3v) is 2.49. The van der Waals surface area contributed by atoms with Crippen molar-refractivity contribution < 1.29 is 14.3 Å². The summed E-state index contributed by atoms with van der Waals surface area (Å²) in [5.41, 5.74) is 7.00. The first-order valence-corrected chi connectivity index (χ1v) is 5.85. The number of rotatable bonds is 6. The molecule has 0 aliphatic rings. The summed E-state index contributed by atoms with van der Waals surface area (Å²) in [6.45, 7) is 4.39. The molecule has 0 bridgehead atoms. The summed E-state index contributed by atoms with van der Waals surface area (Å²) < 4.78 is 10.7. The minimum absolute atomic E-state index is 0.0769. The van der Waals surface area contributed by atoms with Gasteiger partial charge in [0, 0.05) is 13.5 Å². The first-order valence-electron chi connectivity index (χ1n) is 5.85. The Labute approximate surface area is 107 Å². The lowest BCUT2D eigenvalue weighted by Gasteiger charge is -2.16. The summed E-state index contributed by atoms with van der Waals surface area (Å²) in [5, 5.41) is 2.73. The van der Waals surface area contributed by atoms with Crippen LogP contribution in [0.5, 0.6) is 5.75 Å². The lowest BCUT2D eigenvalue weighted by Crippen LogP contribution is -2.12. The molecule has 5 nitrogen and oxygen atoms in total. The summed E-state index contributed by atoms with van der Waals surface area (Å²) >= 11 is 0. The zero-order valence-electron chi connectivity index (χ0n) is 11.0. The molecule has 1 unspecified atom stereocenters. The minimum Gasteiger partial charge on any atom is -0.495 e. The van der Waals surface area contributed by atoms with E-state index >= 15 is 0 Å². The van der Waals surface area contributed by atoms with E-state index in [1.807, 2.05) is 25.1 Å². The molecule has 18 heavy (non-hydrogen) atoms. The van der Waals surface area contributed by atoms with Crippen LogP contribution in [0, 0.1) is 0 Å². The maximum Gasteiger partial charge on any atom is 0.221 e. The second kappa shape index (κ2) is 6.98. The molecular formula is C13H20N2O3. The molecule has 0 fully saturated rings. The molecule has 1 amide bonds. The van der Waals surface area contributed by atoms with Crippen LogP contribution in [0.25, 0.3) is 0 Å². The number of hydrogen-bond donors (Lipinski definition) is 2. The van der Waals surface area contributed by atoms with Crippen LogP contribution >= 0.6 is 0 Å². The number of amides is 1. The van der Waals surface area contributed by atoms with Gasteiger partial charge >= 0.3 is 0 Å². The first-order chi connectivity index (χ1) is 8.58. The van der Waals surface area contributed by atoms with Crippen molar-refractivity contribution in [1.82, 2.24) is 0 Å². The van der Waals surface area contributed by atoms with Crippen LogP contribution in [-0.4, -0.2) is 26.2 Å². The Balaban J connectivity index is 2.90. The summed E-state index contributed by atoms with van der Waals surface area (Å²) in [5.74, 6) is 0.487. The van der Waals surface area contributed by atoms with Crippen molar-refractivity contribution in [3.63, 3.8) is 0 Å². The van der Waals surface area contributed by atoms with Gasteiger partial charge in [0.05, 0.1) is 25.5 Å². The van der Waals surface area contributed by atoms with Crippen LogP contribution < -0.4 is 15.8 Å². The molecular weight excluding hydrogens is 232 g/mol. The Kier molecular flexibility index (Phi) is 5.61. The lowest BCUT2D eigenvalue weighted by atomic mass is 10.1. The van der Waals surface area contributed by atoms with Crippen molar-refractivity contribution in [2.45, 2.75) is 20.0 Å². The fraction of sp³-hybridized carbons (Fsp3) is 0.462. The van der Waals surface area contributed by atoms with E-state index in [0.717, 1.165) is 5.56 Å². The number of nitrogens with two attached hydrogens (primary N) is 1. The quantitative estimate of drug-likeness (QED) is 0.808. The summed E-state index contributed by atoms with van der Waals surface area (Å²) in [6.07, 6.45) is -0.0769. The zero-order chi connectivity index (χ0) is 13.5. The van der Waals surface area contributed by atoms with Gasteiger partial charge in [0.1, 0.15) is 5.75 Å².